The van der Waals surface area contributed by atoms with E-state index in [9.17, 15) is 8.42 Å². The maximum Gasteiger partial charge on any atom is 0.242 e. The molecule has 1 unspecified atom stereocenters. The number of hydrogen-bond donors (Lipinski definition) is 2. The molecule has 0 aliphatic rings. The molecule has 0 amide bonds. The fourth-order valence-electron chi connectivity index (χ4n) is 1.63. The van der Waals surface area contributed by atoms with Crippen LogP contribution in [0.3, 0.4) is 0 Å². The number of nitrogens with one attached hydrogen (secondary N) is 1. The van der Waals surface area contributed by atoms with Gasteiger partial charge in [0.1, 0.15) is 4.90 Å². The molecule has 1 rings (SSSR count). The molecule has 0 radical (unpaired) electrons. The van der Waals surface area contributed by atoms with Crippen molar-refractivity contribution in [2.45, 2.75) is 31.7 Å². The molecular formula is C13H20Cl2N2O3S. The third-order valence-electron chi connectivity index (χ3n) is 2.99. The van der Waals surface area contributed by atoms with Crippen LogP contribution < -0.4 is 10.5 Å². The van der Waals surface area contributed by atoms with Gasteiger partial charge in [0.05, 0.1) is 22.3 Å². The van der Waals surface area contributed by atoms with Crippen LogP contribution in [0.15, 0.2) is 17.0 Å². The highest BCUT2D eigenvalue weighted by molar-refractivity contribution is 7.89. The second kappa shape index (κ2) is 7.65. The summed E-state index contributed by atoms with van der Waals surface area (Å²) in [7, 11) is -3.81. The highest BCUT2D eigenvalue weighted by Crippen LogP contribution is 2.33. The van der Waals surface area contributed by atoms with E-state index in [-0.39, 0.29) is 39.2 Å². The molecule has 0 spiro atoms. The second-order valence-electron chi connectivity index (χ2n) is 4.90. The van der Waals surface area contributed by atoms with E-state index >= 15 is 0 Å². The Balaban J connectivity index is 3.08. The van der Waals surface area contributed by atoms with Gasteiger partial charge >= 0.3 is 0 Å². The summed E-state index contributed by atoms with van der Waals surface area (Å²) in [4.78, 5) is -0.0896. The van der Waals surface area contributed by atoms with Crippen LogP contribution in [0, 0.1) is 5.92 Å². The van der Waals surface area contributed by atoms with Gasteiger partial charge in [-0.1, -0.05) is 37.0 Å². The fourth-order valence-corrected chi connectivity index (χ4v) is 3.76. The van der Waals surface area contributed by atoms with Crippen molar-refractivity contribution in [2.75, 3.05) is 18.9 Å². The molecule has 120 valence electrons. The molecule has 0 aromatic heterocycles. The Labute approximate surface area is 135 Å². The molecule has 0 fully saturated rings. The van der Waals surface area contributed by atoms with Gasteiger partial charge in [-0.15, -0.1) is 0 Å². The van der Waals surface area contributed by atoms with Gasteiger partial charge in [0.15, 0.2) is 0 Å². The first-order valence-corrected chi connectivity index (χ1v) is 8.78. The molecular weight excluding hydrogens is 335 g/mol. The summed E-state index contributed by atoms with van der Waals surface area (Å²) in [6.45, 7) is 6.46. The number of nitrogens with two attached hydrogens (primary N) is 1. The van der Waals surface area contributed by atoms with E-state index in [0.717, 1.165) is 0 Å². The van der Waals surface area contributed by atoms with Crippen molar-refractivity contribution in [3.63, 3.8) is 0 Å². The van der Waals surface area contributed by atoms with Crippen LogP contribution in [0.1, 0.15) is 20.8 Å². The monoisotopic (exact) mass is 354 g/mol. The van der Waals surface area contributed by atoms with Crippen molar-refractivity contribution in [2.24, 2.45) is 5.92 Å². The summed E-state index contributed by atoms with van der Waals surface area (Å²) in [5, 5.41) is 0.141. The molecule has 3 N–H and O–H groups in total. The highest BCUT2D eigenvalue weighted by atomic mass is 35.5. The number of anilines is 1. The molecule has 0 heterocycles. The number of rotatable bonds is 7. The van der Waals surface area contributed by atoms with Crippen molar-refractivity contribution < 1.29 is 13.2 Å². The van der Waals surface area contributed by atoms with Gasteiger partial charge in [-0.3, -0.25) is 0 Å². The number of ether oxygens (including phenoxy) is 1. The van der Waals surface area contributed by atoms with Crippen LogP contribution in [0.2, 0.25) is 10.0 Å². The zero-order chi connectivity index (χ0) is 16.2. The first-order chi connectivity index (χ1) is 9.70. The first kappa shape index (κ1) is 18.5. The molecule has 5 nitrogen and oxygen atoms in total. The van der Waals surface area contributed by atoms with E-state index in [4.69, 9.17) is 33.7 Å². The van der Waals surface area contributed by atoms with Crippen LogP contribution >= 0.6 is 23.2 Å². The predicted octanol–water partition coefficient (Wildman–Crippen LogP) is 2.92. The van der Waals surface area contributed by atoms with Gasteiger partial charge in [-0.2, -0.15) is 0 Å². The quantitative estimate of drug-likeness (QED) is 0.737. The first-order valence-electron chi connectivity index (χ1n) is 6.54. The maximum absolute atomic E-state index is 12.4. The molecule has 0 saturated heterocycles. The molecule has 1 aromatic carbocycles. The van der Waals surface area contributed by atoms with Gasteiger partial charge < -0.3 is 10.5 Å². The lowest BCUT2D eigenvalue weighted by Gasteiger charge is -2.22. The minimum absolute atomic E-state index is 0.0483. The normalized spacial score (nSPS) is 13.6. The SMILES string of the molecule is CCOCC(NS(=O)(=O)c1ccc(Cl)c(N)c1Cl)C(C)C. The van der Waals surface area contributed by atoms with Crippen LogP contribution in [-0.4, -0.2) is 27.7 Å². The Kier molecular flexibility index (Phi) is 6.74. The zero-order valence-corrected chi connectivity index (χ0v) is 14.5. The van der Waals surface area contributed by atoms with Crippen LogP contribution in [0.25, 0.3) is 0 Å². The van der Waals surface area contributed by atoms with Crippen LogP contribution in [-0.2, 0) is 14.8 Å². The van der Waals surface area contributed by atoms with Crippen molar-refractivity contribution in [3.05, 3.63) is 22.2 Å². The van der Waals surface area contributed by atoms with Crippen molar-refractivity contribution in [1.29, 1.82) is 0 Å². The van der Waals surface area contributed by atoms with Crippen molar-refractivity contribution in [3.8, 4) is 0 Å². The van der Waals surface area contributed by atoms with E-state index in [1.165, 1.54) is 12.1 Å². The van der Waals surface area contributed by atoms with E-state index in [1.54, 1.807) is 0 Å². The van der Waals surface area contributed by atoms with Crippen molar-refractivity contribution >= 4 is 38.9 Å². The Morgan fingerprint density at radius 2 is 1.95 bits per heavy atom. The number of halogens is 2. The summed E-state index contributed by atoms with van der Waals surface area (Å²) in [6, 6.07) is 2.38. The molecule has 0 bridgehead atoms. The standard InChI is InChI=1S/C13H20Cl2N2O3S/c1-4-20-7-10(8(2)3)17-21(18,19)11-6-5-9(14)13(16)12(11)15/h5-6,8,10,17H,4,7,16H2,1-3H3. The van der Waals surface area contributed by atoms with E-state index in [2.05, 4.69) is 4.72 Å². The minimum Gasteiger partial charge on any atom is -0.396 e. The van der Waals surface area contributed by atoms with Gasteiger partial charge in [-0.25, -0.2) is 13.1 Å². The average Bonchev–Trinajstić information content (AvgIpc) is 2.40. The molecule has 21 heavy (non-hydrogen) atoms. The molecule has 0 aliphatic carbocycles. The number of sulfonamides is 1. The lowest BCUT2D eigenvalue weighted by Crippen LogP contribution is -2.41. The van der Waals surface area contributed by atoms with E-state index in [1.807, 2.05) is 20.8 Å². The van der Waals surface area contributed by atoms with Gasteiger partial charge in [-0.05, 0) is 25.0 Å². The summed E-state index contributed by atoms with van der Waals surface area (Å²) >= 11 is 11.8. The Morgan fingerprint density at radius 1 is 1.33 bits per heavy atom. The fraction of sp³-hybridized carbons (Fsp3) is 0.538. The van der Waals surface area contributed by atoms with E-state index in [0.29, 0.717) is 6.61 Å². The molecule has 8 heteroatoms. The number of benzene rings is 1. The summed E-state index contributed by atoms with van der Waals surface area (Å²) < 4.78 is 32.8. The molecule has 1 atom stereocenters. The summed E-state index contributed by atoms with van der Waals surface area (Å²) in [6.07, 6.45) is 0. The highest BCUT2D eigenvalue weighted by Gasteiger charge is 2.26. The van der Waals surface area contributed by atoms with Gasteiger partial charge in [0.25, 0.3) is 0 Å². The Bertz CT molecular complexity index is 591. The lowest BCUT2D eigenvalue weighted by atomic mass is 10.1. The Morgan fingerprint density at radius 3 is 2.48 bits per heavy atom. The molecule has 0 aliphatic heterocycles. The Hall–Kier alpha value is -0.530. The largest absolute Gasteiger partial charge is 0.396 e. The smallest absolute Gasteiger partial charge is 0.242 e. The average molecular weight is 355 g/mol. The minimum atomic E-state index is -3.81. The predicted molar refractivity (Wildman–Crippen MR) is 86.3 cm³/mol. The third-order valence-corrected chi connectivity index (χ3v) is 5.37. The summed E-state index contributed by atoms with van der Waals surface area (Å²) in [5.41, 5.74) is 5.72. The molecule has 1 aromatic rings. The van der Waals surface area contributed by atoms with Gasteiger partial charge in [0, 0.05) is 12.6 Å². The van der Waals surface area contributed by atoms with Crippen LogP contribution in [0.5, 0.6) is 0 Å². The van der Waals surface area contributed by atoms with Crippen LogP contribution in [0.4, 0.5) is 5.69 Å². The maximum atomic E-state index is 12.4. The third kappa shape index (κ3) is 4.72. The van der Waals surface area contributed by atoms with Gasteiger partial charge in [0.2, 0.25) is 10.0 Å². The topological polar surface area (TPSA) is 81.4 Å². The van der Waals surface area contributed by atoms with E-state index < -0.39 is 10.0 Å². The second-order valence-corrected chi connectivity index (χ2v) is 7.37. The number of hydrogen-bond acceptors (Lipinski definition) is 4. The lowest BCUT2D eigenvalue weighted by molar-refractivity contribution is 0.116. The zero-order valence-electron chi connectivity index (χ0n) is 12.2. The number of nitrogen functional groups attached to an aromatic ring is 1. The molecule has 0 saturated carbocycles. The van der Waals surface area contributed by atoms with Crippen molar-refractivity contribution in [1.82, 2.24) is 4.72 Å². The summed E-state index contributed by atoms with van der Waals surface area (Å²) in [5.74, 6) is 0.0646.